The largest absolute Gasteiger partial charge is 0.497 e. The van der Waals surface area contributed by atoms with Gasteiger partial charge in [-0.25, -0.2) is 18.2 Å². The number of carboxylic acid groups (broad SMARTS) is 1. The standard InChI is InChI=1S/C41H57N5O11S/c1-24-10-8-9-11-26-21-41(26,38(49)44-58(52,53)29-13-14-29)43-35(47)32-20-28(23-45(32)37(48)34(25(2)18-24)46(39(50)51)40(3,4)5)57-36-30-15-12-27(55-7)19-31(30)33(22-42-36)56-17-16-54-6/h9,11-12,15,19,22,24-26,28-29,32,34H,8,10,13-14,16-18,20-21,23H2,1-7H3,(H,43,47)(H,44,49)(H,50,51)/b11-9-/t24-,25-,26-,28-,32+,34+,41-/m1/s1. The topological polar surface area (TPSA) is 203 Å². The molecule has 0 radical (unpaired) electrons. The lowest BCUT2D eigenvalue weighted by Crippen LogP contribution is -2.62. The minimum Gasteiger partial charge on any atom is -0.497 e. The average molecular weight is 828 g/mol. The predicted octanol–water partition coefficient (Wildman–Crippen LogP) is 4.26. The molecule has 6 rings (SSSR count). The number of methoxy groups -OCH3 is 2. The van der Waals surface area contributed by atoms with Crippen LogP contribution in [-0.4, -0.2) is 121 Å². The maximum atomic E-state index is 15.1. The van der Waals surface area contributed by atoms with Gasteiger partial charge in [0.2, 0.25) is 27.7 Å². The minimum atomic E-state index is -3.94. The summed E-state index contributed by atoms with van der Waals surface area (Å²) in [6, 6.07) is 2.94. The lowest BCUT2D eigenvalue weighted by Gasteiger charge is -2.43. The molecule has 0 spiro atoms. The average Bonchev–Trinajstić information content (AvgIpc) is 4.08. The van der Waals surface area contributed by atoms with Gasteiger partial charge in [0, 0.05) is 35.8 Å². The van der Waals surface area contributed by atoms with Crippen molar-refractivity contribution in [3.8, 4) is 17.4 Å². The molecule has 0 bridgehead atoms. The first kappa shape index (κ1) is 43.0. The van der Waals surface area contributed by atoms with Crippen LogP contribution in [0.5, 0.6) is 17.4 Å². The van der Waals surface area contributed by atoms with Crippen molar-refractivity contribution in [1.29, 1.82) is 0 Å². The molecule has 2 aliphatic carbocycles. The summed E-state index contributed by atoms with van der Waals surface area (Å²) in [5, 5.41) is 14.1. The van der Waals surface area contributed by atoms with Gasteiger partial charge in [-0.2, -0.15) is 0 Å². The molecule has 4 aliphatic rings. The van der Waals surface area contributed by atoms with E-state index in [-0.39, 0.29) is 37.8 Å². The van der Waals surface area contributed by atoms with Crippen molar-refractivity contribution < 1.29 is 51.6 Å². The van der Waals surface area contributed by atoms with Gasteiger partial charge >= 0.3 is 6.09 Å². The number of fused-ring (bicyclic) bond motifs is 3. The number of sulfonamides is 1. The van der Waals surface area contributed by atoms with E-state index in [1.807, 2.05) is 19.1 Å². The predicted molar refractivity (Wildman–Crippen MR) is 214 cm³/mol. The number of ether oxygens (including phenoxy) is 4. The summed E-state index contributed by atoms with van der Waals surface area (Å²) in [5.41, 5.74) is -2.55. The molecular weight excluding hydrogens is 771 g/mol. The molecule has 7 atom stereocenters. The lowest BCUT2D eigenvalue weighted by molar-refractivity contribution is -0.146. The van der Waals surface area contributed by atoms with Crippen molar-refractivity contribution in [2.75, 3.05) is 34.0 Å². The van der Waals surface area contributed by atoms with E-state index < -0.39 is 80.2 Å². The number of aromatic nitrogens is 1. The number of amides is 4. The Morgan fingerprint density at radius 3 is 2.48 bits per heavy atom. The van der Waals surface area contributed by atoms with E-state index in [1.165, 1.54) is 16.0 Å². The summed E-state index contributed by atoms with van der Waals surface area (Å²) in [6.07, 6.45) is 6.19. The Labute approximate surface area is 340 Å². The van der Waals surface area contributed by atoms with Crippen LogP contribution in [0.2, 0.25) is 0 Å². The molecule has 318 valence electrons. The number of nitrogens with zero attached hydrogens (tertiary/aromatic N) is 3. The molecule has 58 heavy (non-hydrogen) atoms. The third-order valence-corrected chi connectivity index (χ3v) is 13.4. The fourth-order valence-electron chi connectivity index (χ4n) is 8.36. The molecular formula is C41H57N5O11S. The van der Waals surface area contributed by atoms with E-state index in [0.29, 0.717) is 54.6 Å². The first-order valence-corrected chi connectivity index (χ1v) is 21.6. The lowest BCUT2D eigenvalue weighted by atomic mass is 9.85. The van der Waals surface area contributed by atoms with E-state index in [2.05, 4.69) is 21.9 Å². The van der Waals surface area contributed by atoms with Crippen LogP contribution in [0.3, 0.4) is 0 Å². The molecule has 3 fully saturated rings. The Morgan fingerprint density at radius 2 is 1.83 bits per heavy atom. The molecule has 2 saturated carbocycles. The summed E-state index contributed by atoms with van der Waals surface area (Å²) in [7, 11) is -0.818. The van der Waals surface area contributed by atoms with Crippen LogP contribution >= 0.6 is 0 Å². The van der Waals surface area contributed by atoms with Gasteiger partial charge in [0.1, 0.15) is 41.8 Å². The number of nitrogens with one attached hydrogen (secondary N) is 2. The fraction of sp³-hybridized carbons (Fsp3) is 0.634. The van der Waals surface area contributed by atoms with Crippen molar-refractivity contribution in [3.63, 3.8) is 0 Å². The van der Waals surface area contributed by atoms with Crippen LogP contribution < -0.4 is 24.2 Å². The number of carbonyl (C=O) groups excluding carboxylic acids is 3. The van der Waals surface area contributed by atoms with E-state index in [9.17, 15) is 27.9 Å². The Bertz CT molecular complexity index is 2030. The molecule has 16 nitrogen and oxygen atoms in total. The van der Waals surface area contributed by atoms with Crippen LogP contribution in [-0.2, 0) is 29.1 Å². The number of hydrogen-bond donors (Lipinski definition) is 3. The number of carbonyl (C=O) groups is 4. The highest BCUT2D eigenvalue weighted by Gasteiger charge is 2.62. The molecule has 2 aliphatic heterocycles. The SMILES string of the molecule is COCCOc1cnc(O[C@@H]2C[C@H]3C(=O)N[C@]4(C(=O)NS(=O)(=O)C5CC5)C[C@H]4/C=C\CC[C@@H](C)C[C@@H](C)[C@H](N(C(=O)O)C(C)(C)C)C(=O)N3C2)c2ccc(OC)cc12. The normalized spacial score (nSPS) is 28.6. The minimum absolute atomic E-state index is 0.0261. The second kappa shape index (κ2) is 16.9. The van der Waals surface area contributed by atoms with Gasteiger partial charge in [-0.1, -0.05) is 26.0 Å². The van der Waals surface area contributed by atoms with Crippen molar-refractivity contribution in [2.45, 2.75) is 114 Å². The Balaban J connectivity index is 1.39. The third-order valence-electron chi connectivity index (χ3n) is 11.6. The highest BCUT2D eigenvalue weighted by atomic mass is 32.2. The molecule has 2 aromatic rings. The van der Waals surface area contributed by atoms with Crippen LogP contribution in [0.4, 0.5) is 4.79 Å². The fourth-order valence-corrected chi connectivity index (χ4v) is 9.73. The summed E-state index contributed by atoms with van der Waals surface area (Å²) in [5.74, 6) is -1.64. The first-order chi connectivity index (χ1) is 27.4. The summed E-state index contributed by atoms with van der Waals surface area (Å²) in [4.78, 5) is 63.7. The Hall–Kier alpha value is -4.64. The summed E-state index contributed by atoms with van der Waals surface area (Å²) >= 11 is 0. The summed E-state index contributed by atoms with van der Waals surface area (Å²) in [6.45, 7) is 9.62. The smallest absolute Gasteiger partial charge is 0.408 e. The second-order valence-electron chi connectivity index (χ2n) is 17.2. The van der Waals surface area contributed by atoms with Crippen LogP contribution in [0, 0.1) is 17.8 Å². The zero-order chi connectivity index (χ0) is 42.2. The van der Waals surface area contributed by atoms with Gasteiger partial charge in [-0.3, -0.25) is 24.0 Å². The monoisotopic (exact) mass is 827 g/mol. The third kappa shape index (κ3) is 9.14. The van der Waals surface area contributed by atoms with E-state index >= 15 is 4.79 Å². The Morgan fingerprint density at radius 1 is 1.09 bits per heavy atom. The molecule has 1 aromatic carbocycles. The highest BCUT2D eigenvalue weighted by molar-refractivity contribution is 7.91. The van der Waals surface area contributed by atoms with Gasteiger partial charge in [-0.05, 0) is 89.3 Å². The van der Waals surface area contributed by atoms with Gasteiger partial charge in [0.25, 0.3) is 5.91 Å². The van der Waals surface area contributed by atoms with Crippen molar-refractivity contribution >= 4 is 44.6 Å². The second-order valence-corrected chi connectivity index (χ2v) is 19.2. The molecule has 0 unspecified atom stereocenters. The number of benzene rings is 1. The maximum Gasteiger partial charge on any atom is 0.408 e. The number of rotatable bonds is 11. The van der Waals surface area contributed by atoms with Gasteiger partial charge in [-0.15, -0.1) is 0 Å². The first-order valence-electron chi connectivity index (χ1n) is 20.0. The van der Waals surface area contributed by atoms with Gasteiger partial charge < -0.3 is 34.3 Å². The van der Waals surface area contributed by atoms with Gasteiger partial charge in [0.15, 0.2) is 0 Å². The molecule has 1 saturated heterocycles. The summed E-state index contributed by atoms with van der Waals surface area (Å²) < 4.78 is 51.2. The molecule has 4 amide bonds. The Kier molecular flexibility index (Phi) is 12.5. The van der Waals surface area contributed by atoms with Crippen LogP contribution in [0.15, 0.2) is 36.5 Å². The molecule has 17 heteroatoms. The number of allylic oxidation sites excluding steroid dienone is 1. The van der Waals surface area contributed by atoms with Gasteiger partial charge in [0.05, 0.1) is 31.7 Å². The van der Waals surface area contributed by atoms with Crippen molar-refractivity contribution in [3.05, 3.63) is 36.5 Å². The maximum absolute atomic E-state index is 15.1. The molecule has 3 N–H and O–H groups in total. The number of pyridine rings is 1. The van der Waals surface area contributed by atoms with E-state index in [4.69, 9.17) is 18.9 Å². The molecule has 3 heterocycles. The zero-order valence-electron chi connectivity index (χ0n) is 34.4. The highest BCUT2D eigenvalue weighted by Crippen LogP contribution is 2.46. The molecule has 1 aromatic heterocycles. The van der Waals surface area contributed by atoms with E-state index in [0.717, 1.165) is 6.42 Å². The number of hydrogen-bond acceptors (Lipinski definition) is 11. The zero-order valence-corrected chi connectivity index (χ0v) is 35.2. The quantitative estimate of drug-likeness (QED) is 0.215. The van der Waals surface area contributed by atoms with E-state index in [1.54, 1.807) is 53.2 Å². The van der Waals surface area contributed by atoms with Crippen LogP contribution in [0.1, 0.15) is 79.6 Å². The van der Waals surface area contributed by atoms with Crippen LogP contribution in [0.25, 0.3) is 10.8 Å². The van der Waals surface area contributed by atoms with Crippen molar-refractivity contribution in [1.82, 2.24) is 24.8 Å². The van der Waals surface area contributed by atoms with Crippen molar-refractivity contribution in [2.24, 2.45) is 17.8 Å².